The summed E-state index contributed by atoms with van der Waals surface area (Å²) in [5, 5.41) is 1.31. The third-order valence-electron chi connectivity index (χ3n) is 2.73. The summed E-state index contributed by atoms with van der Waals surface area (Å²) in [5.74, 6) is 5.51. The van der Waals surface area contributed by atoms with Crippen molar-refractivity contribution in [3.8, 4) is 0 Å². The molecule has 2 N–H and O–H groups in total. The third-order valence-corrected chi connectivity index (χ3v) is 2.73. The number of likely N-dealkylation sites (tertiary alicyclic amines) is 1. The first-order chi connectivity index (χ1) is 6.11. The number of carbonyl (C=O) groups is 1. The first-order valence-electron chi connectivity index (χ1n) is 4.84. The molecule has 1 fully saturated rings. The minimum absolute atomic E-state index is 0.0565. The SMILES string of the molecule is CC(=O)N(N)C[C@@H]1CCCCN1C. The molecular formula is C9H19N3O. The normalized spacial score (nSPS) is 24.4. The van der Waals surface area contributed by atoms with E-state index in [1.54, 1.807) is 0 Å². The second kappa shape index (κ2) is 4.58. The van der Waals surface area contributed by atoms with Crippen LogP contribution in [0.3, 0.4) is 0 Å². The average molecular weight is 185 g/mol. The Bertz CT molecular complexity index is 184. The Morgan fingerprint density at radius 1 is 1.62 bits per heavy atom. The predicted molar refractivity (Wildman–Crippen MR) is 51.8 cm³/mol. The number of nitrogens with two attached hydrogens (primary N) is 1. The van der Waals surface area contributed by atoms with Crippen molar-refractivity contribution in [2.45, 2.75) is 32.2 Å². The van der Waals surface area contributed by atoms with Gasteiger partial charge in [0, 0.05) is 13.0 Å². The minimum atomic E-state index is -0.0565. The summed E-state index contributed by atoms with van der Waals surface area (Å²) < 4.78 is 0. The van der Waals surface area contributed by atoms with E-state index in [4.69, 9.17) is 5.84 Å². The van der Waals surface area contributed by atoms with Crippen LogP contribution < -0.4 is 5.84 Å². The van der Waals surface area contributed by atoms with Crippen LogP contribution in [0.5, 0.6) is 0 Å². The molecule has 0 radical (unpaired) electrons. The molecule has 1 saturated heterocycles. The first kappa shape index (κ1) is 10.5. The Balaban J connectivity index is 2.37. The quantitative estimate of drug-likeness (QED) is 0.379. The monoisotopic (exact) mass is 185 g/mol. The molecule has 4 heteroatoms. The lowest BCUT2D eigenvalue weighted by Crippen LogP contribution is -2.48. The summed E-state index contributed by atoms with van der Waals surface area (Å²) in [6, 6.07) is 0.447. The molecule has 0 aromatic heterocycles. The molecule has 1 aliphatic heterocycles. The Hall–Kier alpha value is -0.610. The van der Waals surface area contributed by atoms with Gasteiger partial charge in [-0.05, 0) is 26.4 Å². The Morgan fingerprint density at radius 2 is 2.31 bits per heavy atom. The summed E-state index contributed by atoms with van der Waals surface area (Å²) >= 11 is 0. The molecule has 0 aromatic rings. The van der Waals surface area contributed by atoms with Crippen LogP contribution in [0.25, 0.3) is 0 Å². The van der Waals surface area contributed by atoms with Crippen molar-refractivity contribution in [3.05, 3.63) is 0 Å². The predicted octanol–water partition coefficient (Wildman–Crippen LogP) is 0.193. The van der Waals surface area contributed by atoms with E-state index in [-0.39, 0.29) is 5.91 Å². The highest BCUT2D eigenvalue weighted by atomic mass is 16.2. The number of piperidine rings is 1. The van der Waals surface area contributed by atoms with E-state index in [0.717, 1.165) is 13.0 Å². The van der Waals surface area contributed by atoms with Crippen LogP contribution in [0.1, 0.15) is 26.2 Å². The van der Waals surface area contributed by atoms with Gasteiger partial charge in [-0.1, -0.05) is 6.42 Å². The van der Waals surface area contributed by atoms with Crippen molar-refractivity contribution >= 4 is 5.91 Å². The standard InChI is InChI=1S/C9H19N3O/c1-8(13)12(10)7-9-5-3-4-6-11(9)2/h9H,3-7,10H2,1-2H3/t9-/m0/s1. The minimum Gasteiger partial charge on any atom is -0.302 e. The molecule has 0 bridgehead atoms. The maximum absolute atomic E-state index is 10.9. The van der Waals surface area contributed by atoms with Crippen molar-refractivity contribution in [1.29, 1.82) is 0 Å². The van der Waals surface area contributed by atoms with Crippen LogP contribution in [-0.2, 0) is 4.79 Å². The summed E-state index contributed by atoms with van der Waals surface area (Å²) in [4.78, 5) is 13.2. The van der Waals surface area contributed by atoms with Crippen molar-refractivity contribution < 1.29 is 4.79 Å². The van der Waals surface area contributed by atoms with Crippen molar-refractivity contribution in [3.63, 3.8) is 0 Å². The molecule has 1 atom stereocenters. The lowest BCUT2D eigenvalue weighted by Gasteiger charge is -2.34. The van der Waals surface area contributed by atoms with Crippen LogP contribution in [-0.4, -0.2) is 42.0 Å². The van der Waals surface area contributed by atoms with Crippen molar-refractivity contribution in [1.82, 2.24) is 9.91 Å². The van der Waals surface area contributed by atoms with Gasteiger partial charge in [0.05, 0.1) is 6.54 Å². The third kappa shape index (κ3) is 2.97. The Kier molecular flexibility index (Phi) is 3.69. The molecule has 0 unspecified atom stereocenters. The van der Waals surface area contributed by atoms with E-state index in [2.05, 4.69) is 11.9 Å². The molecular weight excluding hydrogens is 166 g/mol. The number of rotatable bonds is 2. The number of hydrogen-bond acceptors (Lipinski definition) is 3. The van der Waals surface area contributed by atoms with Crippen molar-refractivity contribution in [2.75, 3.05) is 20.1 Å². The van der Waals surface area contributed by atoms with E-state index < -0.39 is 0 Å². The van der Waals surface area contributed by atoms with Crippen LogP contribution in [0, 0.1) is 0 Å². The first-order valence-corrected chi connectivity index (χ1v) is 4.84. The zero-order valence-electron chi connectivity index (χ0n) is 8.49. The molecule has 1 heterocycles. The highest BCUT2D eigenvalue weighted by Crippen LogP contribution is 2.15. The molecule has 4 nitrogen and oxygen atoms in total. The van der Waals surface area contributed by atoms with E-state index in [0.29, 0.717) is 12.6 Å². The molecule has 0 aliphatic carbocycles. The van der Waals surface area contributed by atoms with Gasteiger partial charge in [0.2, 0.25) is 5.91 Å². The van der Waals surface area contributed by atoms with Gasteiger partial charge >= 0.3 is 0 Å². The maximum atomic E-state index is 10.9. The molecule has 76 valence electrons. The van der Waals surface area contributed by atoms with Crippen LogP contribution in [0.15, 0.2) is 0 Å². The van der Waals surface area contributed by atoms with E-state index in [1.165, 1.54) is 24.8 Å². The van der Waals surface area contributed by atoms with Crippen LogP contribution in [0.2, 0.25) is 0 Å². The fraction of sp³-hybridized carbons (Fsp3) is 0.889. The van der Waals surface area contributed by atoms with E-state index in [1.807, 2.05) is 0 Å². The van der Waals surface area contributed by atoms with Gasteiger partial charge in [-0.2, -0.15) is 0 Å². The van der Waals surface area contributed by atoms with Gasteiger partial charge in [0.25, 0.3) is 0 Å². The summed E-state index contributed by atoms with van der Waals surface area (Å²) in [6.07, 6.45) is 3.66. The van der Waals surface area contributed by atoms with E-state index in [9.17, 15) is 4.79 Å². The average Bonchev–Trinajstić information content (AvgIpc) is 2.08. The summed E-state index contributed by atoms with van der Waals surface area (Å²) in [6.45, 7) is 3.28. The number of likely N-dealkylation sites (N-methyl/N-ethyl adjacent to an activating group) is 1. The maximum Gasteiger partial charge on any atom is 0.233 e. The lowest BCUT2D eigenvalue weighted by atomic mass is 10.0. The molecule has 1 aliphatic rings. The number of hydrogen-bond donors (Lipinski definition) is 1. The topological polar surface area (TPSA) is 49.6 Å². The Labute approximate surface area is 79.6 Å². The van der Waals surface area contributed by atoms with Crippen LogP contribution >= 0.6 is 0 Å². The van der Waals surface area contributed by atoms with Crippen molar-refractivity contribution in [2.24, 2.45) is 5.84 Å². The van der Waals surface area contributed by atoms with E-state index >= 15 is 0 Å². The van der Waals surface area contributed by atoms with Crippen LogP contribution in [0.4, 0.5) is 0 Å². The lowest BCUT2D eigenvalue weighted by molar-refractivity contribution is -0.130. The number of nitrogens with zero attached hydrogens (tertiary/aromatic N) is 2. The number of hydrazine groups is 1. The molecule has 0 spiro atoms. The summed E-state index contributed by atoms with van der Waals surface area (Å²) in [5.41, 5.74) is 0. The Morgan fingerprint density at radius 3 is 2.85 bits per heavy atom. The highest BCUT2D eigenvalue weighted by molar-refractivity contribution is 5.72. The largest absolute Gasteiger partial charge is 0.302 e. The molecule has 0 aromatic carbocycles. The zero-order chi connectivity index (χ0) is 9.84. The number of carbonyl (C=O) groups excluding carboxylic acids is 1. The fourth-order valence-corrected chi connectivity index (χ4v) is 1.73. The second-order valence-corrected chi connectivity index (χ2v) is 3.80. The second-order valence-electron chi connectivity index (χ2n) is 3.80. The van der Waals surface area contributed by atoms with Gasteiger partial charge in [-0.15, -0.1) is 0 Å². The molecule has 1 amide bonds. The molecule has 13 heavy (non-hydrogen) atoms. The number of amides is 1. The zero-order valence-corrected chi connectivity index (χ0v) is 8.49. The van der Waals surface area contributed by atoms with Gasteiger partial charge in [-0.3, -0.25) is 9.80 Å². The molecule has 1 rings (SSSR count). The van der Waals surface area contributed by atoms with Gasteiger partial charge in [0.15, 0.2) is 0 Å². The highest BCUT2D eigenvalue weighted by Gasteiger charge is 2.21. The smallest absolute Gasteiger partial charge is 0.233 e. The van der Waals surface area contributed by atoms with Gasteiger partial charge < -0.3 is 4.90 Å². The molecule has 0 saturated carbocycles. The van der Waals surface area contributed by atoms with Gasteiger partial charge in [0.1, 0.15) is 0 Å². The van der Waals surface area contributed by atoms with Gasteiger partial charge in [-0.25, -0.2) is 5.84 Å². The fourth-order valence-electron chi connectivity index (χ4n) is 1.73. The summed E-state index contributed by atoms with van der Waals surface area (Å²) in [7, 11) is 2.10.